The highest BCUT2D eigenvalue weighted by atomic mass is 32.2. The average Bonchev–Trinajstić information content (AvgIpc) is 2.96. The third-order valence-corrected chi connectivity index (χ3v) is 5.41. The molecular formula is C13H22N4OS. The lowest BCUT2D eigenvalue weighted by Crippen LogP contribution is -2.41. The van der Waals surface area contributed by atoms with E-state index in [9.17, 15) is 0 Å². The van der Waals surface area contributed by atoms with Gasteiger partial charge in [0.15, 0.2) is 5.82 Å². The fourth-order valence-electron chi connectivity index (χ4n) is 3.22. The van der Waals surface area contributed by atoms with Crippen LogP contribution in [0.25, 0.3) is 0 Å². The van der Waals surface area contributed by atoms with Crippen LogP contribution in [-0.4, -0.2) is 38.7 Å². The molecule has 2 aliphatic heterocycles. The number of nitrogen functional groups attached to an aromatic ring is 1. The zero-order chi connectivity index (χ0) is 13.5. The van der Waals surface area contributed by atoms with Crippen molar-refractivity contribution >= 4 is 17.6 Å². The normalized spacial score (nSPS) is 31.4. The van der Waals surface area contributed by atoms with Gasteiger partial charge in [-0.1, -0.05) is 19.1 Å². The molecule has 1 spiro atoms. The Kier molecular flexibility index (Phi) is 3.47. The van der Waals surface area contributed by atoms with Gasteiger partial charge in [-0.2, -0.15) is 11.8 Å². The van der Waals surface area contributed by atoms with E-state index < -0.39 is 0 Å². The van der Waals surface area contributed by atoms with Gasteiger partial charge in [0, 0.05) is 12.4 Å². The standard InChI is InChI=1S/C13H22N4OS/c1-9(2)11-12(14)15-16-17(11)10-3-5-18-13(7-10)4-6-19-8-13/h9-10H,3-8,14H2,1-2H3. The Morgan fingerprint density at radius 3 is 3.05 bits per heavy atom. The maximum absolute atomic E-state index is 6.07. The smallest absolute Gasteiger partial charge is 0.169 e. The molecule has 2 fully saturated rings. The van der Waals surface area contributed by atoms with E-state index in [1.54, 1.807) is 0 Å². The lowest BCUT2D eigenvalue weighted by molar-refractivity contribution is -0.0784. The quantitative estimate of drug-likeness (QED) is 0.901. The summed E-state index contributed by atoms with van der Waals surface area (Å²) >= 11 is 2.00. The average molecular weight is 282 g/mol. The van der Waals surface area contributed by atoms with Crippen LogP contribution in [0.5, 0.6) is 0 Å². The van der Waals surface area contributed by atoms with E-state index in [-0.39, 0.29) is 5.60 Å². The van der Waals surface area contributed by atoms with Crippen LogP contribution >= 0.6 is 11.8 Å². The van der Waals surface area contributed by atoms with Gasteiger partial charge < -0.3 is 10.5 Å². The molecule has 0 aromatic carbocycles. The summed E-state index contributed by atoms with van der Waals surface area (Å²) in [5.74, 6) is 3.26. The monoisotopic (exact) mass is 282 g/mol. The van der Waals surface area contributed by atoms with Crippen LogP contribution in [0, 0.1) is 0 Å². The molecule has 0 radical (unpaired) electrons. The molecule has 0 bridgehead atoms. The lowest BCUT2D eigenvalue weighted by Gasteiger charge is -2.38. The summed E-state index contributed by atoms with van der Waals surface area (Å²) in [7, 11) is 0. The first-order chi connectivity index (χ1) is 9.11. The number of rotatable bonds is 2. The molecule has 2 aliphatic rings. The maximum atomic E-state index is 6.07. The number of anilines is 1. The molecule has 19 heavy (non-hydrogen) atoms. The van der Waals surface area contributed by atoms with E-state index in [1.165, 1.54) is 5.75 Å². The third-order valence-electron chi connectivity index (χ3n) is 4.18. The SMILES string of the molecule is CC(C)c1c(N)nnn1C1CCOC2(CCSC2)C1. The summed E-state index contributed by atoms with van der Waals surface area (Å²) in [6.45, 7) is 5.11. The van der Waals surface area contributed by atoms with E-state index >= 15 is 0 Å². The van der Waals surface area contributed by atoms with Crippen LogP contribution in [0.15, 0.2) is 0 Å². The number of ether oxygens (including phenoxy) is 1. The van der Waals surface area contributed by atoms with E-state index in [0.717, 1.165) is 37.3 Å². The number of nitrogens with two attached hydrogens (primary N) is 1. The summed E-state index contributed by atoms with van der Waals surface area (Å²) < 4.78 is 8.13. The van der Waals surface area contributed by atoms with Crippen LogP contribution in [0.1, 0.15) is 50.8 Å². The van der Waals surface area contributed by atoms with Crippen molar-refractivity contribution in [2.24, 2.45) is 0 Å². The zero-order valence-corrected chi connectivity index (χ0v) is 12.4. The highest BCUT2D eigenvalue weighted by Gasteiger charge is 2.42. The summed E-state index contributed by atoms with van der Waals surface area (Å²) in [5.41, 5.74) is 7.11. The maximum Gasteiger partial charge on any atom is 0.169 e. The highest BCUT2D eigenvalue weighted by molar-refractivity contribution is 7.99. The molecule has 0 amide bonds. The Bertz CT molecular complexity index is 453. The first-order valence-electron chi connectivity index (χ1n) is 7.03. The number of thioether (sulfide) groups is 1. The largest absolute Gasteiger partial charge is 0.381 e. The molecule has 3 rings (SSSR count). The van der Waals surface area contributed by atoms with Gasteiger partial charge in [0.1, 0.15) is 0 Å². The second kappa shape index (κ2) is 4.98. The Balaban J connectivity index is 1.86. The van der Waals surface area contributed by atoms with Crippen molar-refractivity contribution in [3.8, 4) is 0 Å². The van der Waals surface area contributed by atoms with Crippen molar-refractivity contribution in [1.82, 2.24) is 15.0 Å². The summed E-state index contributed by atoms with van der Waals surface area (Å²) in [5, 5.41) is 8.37. The minimum atomic E-state index is 0.0720. The summed E-state index contributed by atoms with van der Waals surface area (Å²) in [6, 6.07) is 0.384. The molecule has 0 aliphatic carbocycles. The molecule has 1 aromatic rings. The Labute approximate surface area is 118 Å². The van der Waals surface area contributed by atoms with E-state index in [2.05, 4.69) is 28.8 Å². The van der Waals surface area contributed by atoms with Crippen LogP contribution in [0.2, 0.25) is 0 Å². The highest BCUT2D eigenvalue weighted by Crippen LogP contribution is 2.42. The molecule has 2 N–H and O–H groups in total. The van der Waals surface area contributed by atoms with Gasteiger partial charge in [0.05, 0.1) is 17.3 Å². The van der Waals surface area contributed by atoms with Crippen LogP contribution < -0.4 is 5.73 Å². The topological polar surface area (TPSA) is 66.0 Å². The van der Waals surface area contributed by atoms with Crippen LogP contribution in [-0.2, 0) is 4.74 Å². The fourth-order valence-corrected chi connectivity index (χ4v) is 4.60. The molecule has 2 atom stereocenters. The van der Waals surface area contributed by atoms with Gasteiger partial charge in [-0.05, 0) is 30.9 Å². The van der Waals surface area contributed by atoms with Crippen LogP contribution in [0.4, 0.5) is 5.82 Å². The van der Waals surface area contributed by atoms with E-state index in [0.29, 0.717) is 17.8 Å². The van der Waals surface area contributed by atoms with Crippen molar-refractivity contribution in [3.05, 3.63) is 5.69 Å². The fraction of sp³-hybridized carbons (Fsp3) is 0.846. The first-order valence-corrected chi connectivity index (χ1v) is 8.19. The Morgan fingerprint density at radius 1 is 1.53 bits per heavy atom. The van der Waals surface area contributed by atoms with Gasteiger partial charge >= 0.3 is 0 Å². The Hall–Kier alpha value is -0.750. The van der Waals surface area contributed by atoms with Gasteiger partial charge in [-0.3, -0.25) is 0 Å². The van der Waals surface area contributed by atoms with Gasteiger partial charge in [0.25, 0.3) is 0 Å². The van der Waals surface area contributed by atoms with Gasteiger partial charge in [-0.25, -0.2) is 4.68 Å². The minimum Gasteiger partial charge on any atom is -0.381 e. The van der Waals surface area contributed by atoms with Crippen molar-refractivity contribution in [2.75, 3.05) is 23.8 Å². The second-order valence-corrected chi connectivity index (χ2v) is 7.05. The summed E-state index contributed by atoms with van der Waals surface area (Å²) in [6.07, 6.45) is 3.22. The molecular weight excluding hydrogens is 260 g/mol. The van der Waals surface area contributed by atoms with Gasteiger partial charge in [0.2, 0.25) is 0 Å². The van der Waals surface area contributed by atoms with E-state index in [1.807, 2.05) is 11.8 Å². The first kappa shape index (κ1) is 13.2. The molecule has 106 valence electrons. The van der Waals surface area contributed by atoms with Crippen molar-refractivity contribution < 1.29 is 4.74 Å². The number of aromatic nitrogens is 3. The predicted octanol–water partition coefficient (Wildman–Crippen LogP) is 2.21. The molecule has 5 nitrogen and oxygen atoms in total. The number of hydrogen-bond acceptors (Lipinski definition) is 5. The van der Waals surface area contributed by atoms with Gasteiger partial charge in [-0.15, -0.1) is 5.10 Å². The predicted molar refractivity (Wildman–Crippen MR) is 77.4 cm³/mol. The molecule has 3 heterocycles. The molecule has 0 saturated carbocycles. The Morgan fingerprint density at radius 2 is 2.37 bits per heavy atom. The zero-order valence-electron chi connectivity index (χ0n) is 11.6. The molecule has 1 aromatic heterocycles. The van der Waals surface area contributed by atoms with Crippen molar-refractivity contribution in [1.29, 1.82) is 0 Å². The molecule has 2 unspecified atom stereocenters. The summed E-state index contributed by atoms with van der Waals surface area (Å²) in [4.78, 5) is 0. The van der Waals surface area contributed by atoms with Crippen molar-refractivity contribution in [2.45, 2.75) is 50.7 Å². The lowest BCUT2D eigenvalue weighted by atomic mass is 9.89. The second-order valence-electron chi connectivity index (χ2n) is 5.94. The molecule has 6 heteroatoms. The van der Waals surface area contributed by atoms with Crippen LogP contribution in [0.3, 0.4) is 0 Å². The molecule has 2 saturated heterocycles. The minimum absolute atomic E-state index is 0.0720. The number of hydrogen-bond donors (Lipinski definition) is 1. The van der Waals surface area contributed by atoms with E-state index in [4.69, 9.17) is 10.5 Å². The number of nitrogens with zero attached hydrogens (tertiary/aromatic N) is 3. The van der Waals surface area contributed by atoms with Crippen molar-refractivity contribution in [3.63, 3.8) is 0 Å². The third kappa shape index (κ3) is 2.36.